The average molecular weight is 222 g/mol. The van der Waals surface area contributed by atoms with Crippen molar-refractivity contribution in [3.05, 3.63) is 18.2 Å². The largest absolute Gasteiger partial charge is 0.389 e. The number of aliphatic hydroxyl groups is 1. The van der Waals surface area contributed by atoms with Crippen molar-refractivity contribution in [1.82, 2.24) is 9.55 Å². The lowest BCUT2D eigenvalue weighted by atomic mass is 9.70. The molecule has 0 amide bonds. The first-order valence-corrected chi connectivity index (χ1v) is 6.20. The standard InChI is InChI=1S/C13H22N2O/c1-10-4-5-13(16,11(2)8-10)9-12-14-6-7-15(12)3/h6-7,10-11,16H,4-5,8-9H2,1-3H3. The van der Waals surface area contributed by atoms with E-state index in [1.54, 1.807) is 6.20 Å². The minimum absolute atomic E-state index is 0.368. The van der Waals surface area contributed by atoms with Gasteiger partial charge < -0.3 is 9.67 Å². The van der Waals surface area contributed by atoms with E-state index in [1.165, 1.54) is 0 Å². The van der Waals surface area contributed by atoms with Crippen LogP contribution in [0.3, 0.4) is 0 Å². The van der Waals surface area contributed by atoms with E-state index in [0.717, 1.165) is 31.0 Å². The van der Waals surface area contributed by atoms with E-state index in [-0.39, 0.29) is 0 Å². The van der Waals surface area contributed by atoms with Crippen molar-refractivity contribution >= 4 is 0 Å². The van der Waals surface area contributed by atoms with Crippen LogP contribution in [0.15, 0.2) is 12.4 Å². The van der Waals surface area contributed by atoms with Crippen LogP contribution in [0.2, 0.25) is 0 Å². The van der Waals surface area contributed by atoms with Gasteiger partial charge in [-0.2, -0.15) is 0 Å². The third-order valence-electron chi connectivity index (χ3n) is 4.13. The number of aromatic nitrogens is 2. The molecule has 1 fully saturated rings. The molecule has 3 atom stereocenters. The Bertz CT molecular complexity index is 361. The molecular formula is C13H22N2O. The molecule has 3 unspecified atom stereocenters. The Kier molecular flexibility index (Phi) is 3.06. The van der Waals surface area contributed by atoms with Gasteiger partial charge in [0.15, 0.2) is 0 Å². The lowest BCUT2D eigenvalue weighted by molar-refractivity contribution is -0.0540. The van der Waals surface area contributed by atoms with Gasteiger partial charge >= 0.3 is 0 Å². The topological polar surface area (TPSA) is 38.1 Å². The molecule has 3 nitrogen and oxygen atoms in total. The Morgan fingerprint density at radius 3 is 2.88 bits per heavy atom. The van der Waals surface area contributed by atoms with Crippen molar-refractivity contribution in [2.45, 2.75) is 45.1 Å². The van der Waals surface area contributed by atoms with Crippen LogP contribution in [-0.4, -0.2) is 20.3 Å². The van der Waals surface area contributed by atoms with Gasteiger partial charge in [0.05, 0.1) is 5.60 Å². The lowest BCUT2D eigenvalue weighted by Crippen LogP contribution is -2.43. The Hall–Kier alpha value is -0.830. The van der Waals surface area contributed by atoms with E-state index >= 15 is 0 Å². The maximum atomic E-state index is 10.7. The molecule has 0 aromatic carbocycles. The summed E-state index contributed by atoms with van der Waals surface area (Å²) >= 11 is 0. The first-order chi connectivity index (χ1) is 7.51. The second-order valence-electron chi connectivity index (χ2n) is 5.52. The minimum Gasteiger partial charge on any atom is -0.389 e. The lowest BCUT2D eigenvalue weighted by Gasteiger charge is -2.40. The molecule has 16 heavy (non-hydrogen) atoms. The van der Waals surface area contributed by atoms with E-state index in [4.69, 9.17) is 0 Å². The number of imidazole rings is 1. The smallest absolute Gasteiger partial charge is 0.111 e. The second kappa shape index (κ2) is 4.21. The zero-order chi connectivity index (χ0) is 11.8. The molecule has 1 aliphatic rings. The van der Waals surface area contributed by atoms with Gasteiger partial charge in [-0.1, -0.05) is 13.8 Å². The molecule has 1 aliphatic carbocycles. The number of rotatable bonds is 2. The van der Waals surface area contributed by atoms with Crippen molar-refractivity contribution in [1.29, 1.82) is 0 Å². The summed E-state index contributed by atoms with van der Waals surface area (Å²) in [6.45, 7) is 4.44. The molecule has 1 aromatic rings. The molecule has 1 saturated carbocycles. The molecule has 2 rings (SSSR count). The van der Waals surface area contributed by atoms with Crippen LogP contribution >= 0.6 is 0 Å². The van der Waals surface area contributed by atoms with Gasteiger partial charge in [-0.3, -0.25) is 0 Å². The highest BCUT2D eigenvalue weighted by molar-refractivity contribution is 5.01. The fourth-order valence-electron chi connectivity index (χ4n) is 2.79. The molecule has 90 valence electrons. The van der Waals surface area contributed by atoms with Crippen molar-refractivity contribution < 1.29 is 5.11 Å². The maximum Gasteiger partial charge on any atom is 0.111 e. The Morgan fingerprint density at radius 1 is 1.56 bits per heavy atom. The molecule has 1 aromatic heterocycles. The van der Waals surface area contributed by atoms with E-state index in [1.807, 2.05) is 17.8 Å². The zero-order valence-corrected chi connectivity index (χ0v) is 10.5. The minimum atomic E-state index is -0.550. The number of nitrogens with zero attached hydrogens (tertiary/aromatic N) is 2. The van der Waals surface area contributed by atoms with E-state index in [9.17, 15) is 5.11 Å². The highest BCUT2D eigenvalue weighted by Crippen LogP contribution is 2.38. The predicted octanol–water partition coefficient (Wildman–Crippen LogP) is 2.15. The fraction of sp³-hybridized carbons (Fsp3) is 0.769. The normalized spacial score (nSPS) is 35.2. The van der Waals surface area contributed by atoms with E-state index in [0.29, 0.717) is 12.3 Å². The van der Waals surface area contributed by atoms with Crippen LogP contribution in [0, 0.1) is 11.8 Å². The van der Waals surface area contributed by atoms with Gasteiger partial charge in [0.2, 0.25) is 0 Å². The van der Waals surface area contributed by atoms with Crippen LogP contribution < -0.4 is 0 Å². The van der Waals surface area contributed by atoms with Crippen LogP contribution in [-0.2, 0) is 13.5 Å². The summed E-state index contributed by atoms with van der Waals surface area (Å²) in [6, 6.07) is 0. The first kappa shape index (κ1) is 11.6. The van der Waals surface area contributed by atoms with Crippen LogP contribution in [0.4, 0.5) is 0 Å². The van der Waals surface area contributed by atoms with Crippen molar-refractivity contribution in [2.24, 2.45) is 18.9 Å². The molecule has 3 heteroatoms. The predicted molar refractivity (Wildman–Crippen MR) is 64.0 cm³/mol. The maximum absolute atomic E-state index is 10.7. The summed E-state index contributed by atoms with van der Waals surface area (Å²) in [5.41, 5.74) is -0.550. The summed E-state index contributed by atoms with van der Waals surface area (Å²) in [5, 5.41) is 10.7. The summed E-state index contributed by atoms with van der Waals surface area (Å²) in [4.78, 5) is 4.31. The van der Waals surface area contributed by atoms with Gasteiger partial charge in [0.1, 0.15) is 5.82 Å². The quantitative estimate of drug-likeness (QED) is 0.832. The molecular weight excluding hydrogens is 200 g/mol. The Morgan fingerprint density at radius 2 is 2.31 bits per heavy atom. The van der Waals surface area contributed by atoms with Gasteiger partial charge in [-0.05, 0) is 31.1 Å². The number of aryl methyl sites for hydroxylation is 1. The average Bonchev–Trinajstić information content (AvgIpc) is 2.60. The fourth-order valence-corrected chi connectivity index (χ4v) is 2.79. The van der Waals surface area contributed by atoms with Crippen LogP contribution in [0.1, 0.15) is 38.9 Å². The van der Waals surface area contributed by atoms with Crippen molar-refractivity contribution in [3.63, 3.8) is 0 Å². The summed E-state index contributed by atoms with van der Waals surface area (Å²) in [7, 11) is 1.99. The van der Waals surface area contributed by atoms with Crippen LogP contribution in [0.5, 0.6) is 0 Å². The molecule has 0 radical (unpaired) electrons. The number of hydrogen-bond acceptors (Lipinski definition) is 2. The SMILES string of the molecule is CC1CCC(O)(Cc2nccn2C)C(C)C1. The molecule has 0 spiro atoms. The highest BCUT2D eigenvalue weighted by Gasteiger charge is 2.39. The monoisotopic (exact) mass is 222 g/mol. The van der Waals surface area contributed by atoms with Gasteiger partial charge in [-0.15, -0.1) is 0 Å². The molecule has 0 bridgehead atoms. The summed E-state index contributed by atoms with van der Waals surface area (Å²) < 4.78 is 2.00. The van der Waals surface area contributed by atoms with Crippen LogP contribution in [0.25, 0.3) is 0 Å². The van der Waals surface area contributed by atoms with Crippen molar-refractivity contribution in [3.8, 4) is 0 Å². The van der Waals surface area contributed by atoms with Crippen molar-refractivity contribution in [2.75, 3.05) is 0 Å². The molecule has 1 heterocycles. The molecule has 0 aliphatic heterocycles. The van der Waals surface area contributed by atoms with Gasteiger partial charge in [0.25, 0.3) is 0 Å². The van der Waals surface area contributed by atoms with E-state index in [2.05, 4.69) is 18.8 Å². The zero-order valence-electron chi connectivity index (χ0n) is 10.5. The summed E-state index contributed by atoms with van der Waals surface area (Å²) in [5.74, 6) is 2.11. The van der Waals surface area contributed by atoms with Gasteiger partial charge in [0, 0.05) is 25.9 Å². The second-order valence-corrected chi connectivity index (χ2v) is 5.52. The number of hydrogen-bond donors (Lipinski definition) is 1. The molecule has 0 saturated heterocycles. The summed E-state index contributed by atoms with van der Waals surface area (Å²) in [6.07, 6.45) is 7.59. The Labute approximate surface area is 97.5 Å². The van der Waals surface area contributed by atoms with E-state index < -0.39 is 5.60 Å². The first-order valence-electron chi connectivity index (χ1n) is 6.20. The third kappa shape index (κ3) is 2.14. The third-order valence-corrected chi connectivity index (χ3v) is 4.13. The molecule has 1 N–H and O–H groups in total. The highest BCUT2D eigenvalue weighted by atomic mass is 16.3. The Balaban J connectivity index is 2.11. The van der Waals surface area contributed by atoms with Gasteiger partial charge in [-0.25, -0.2) is 4.98 Å².